The van der Waals surface area contributed by atoms with E-state index in [4.69, 9.17) is 5.73 Å². The molecule has 2 rings (SSSR count). The van der Waals surface area contributed by atoms with Crippen LogP contribution in [-0.2, 0) is 5.75 Å². The van der Waals surface area contributed by atoms with Crippen molar-refractivity contribution >= 4 is 11.8 Å². The molecule has 4 nitrogen and oxygen atoms in total. The van der Waals surface area contributed by atoms with Gasteiger partial charge in [0.15, 0.2) is 5.16 Å². The van der Waals surface area contributed by atoms with Gasteiger partial charge in [-0.05, 0) is 17.7 Å². The molecule has 0 unspecified atom stereocenters. The van der Waals surface area contributed by atoms with Crippen LogP contribution in [0.3, 0.4) is 0 Å². The third-order valence-corrected chi connectivity index (χ3v) is 3.07. The van der Waals surface area contributed by atoms with Crippen molar-refractivity contribution in [2.24, 2.45) is 5.73 Å². The molecule has 0 radical (unpaired) electrons. The van der Waals surface area contributed by atoms with Gasteiger partial charge in [-0.3, -0.25) is 5.10 Å². The van der Waals surface area contributed by atoms with E-state index in [0.29, 0.717) is 11.3 Å². The van der Waals surface area contributed by atoms with Gasteiger partial charge in [-0.2, -0.15) is 5.10 Å². The van der Waals surface area contributed by atoms with Crippen molar-refractivity contribution in [1.82, 2.24) is 15.2 Å². The van der Waals surface area contributed by atoms with E-state index in [1.165, 1.54) is 24.2 Å². The summed E-state index contributed by atoms with van der Waals surface area (Å²) in [4.78, 5) is 4.00. The summed E-state index contributed by atoms with van der Waals surface area (Å²) in [5, 5.41) is 7.23. The zero-order chi connectivity index (χ0) is 12.8. The summed E-state index contributed by atoms with van der Waals surface area (Å²) in [5.41, 5.74) is 6.61. The van der Waals surface area contributed by atoms with E-state index in [9.17, 15) is 4.39 Å². The van der Waals surface area contributed by atoms with Crippen molar-refractivity contribution in [1.29, 1.82) is 0 Å². The number of nitrogens with one attached hydrogen (secondary N) is 1. The molecule has 0 fully saturated rings. The van der Waals surface area contributed by atoms with Gasteiger partial charge < -0.3 is 5.73 Å². The maximum Gasteiger partial charge on any atom is 0.183 e. The first-order valence-corrected chi connectivity index (χ1v) is 6.23. The minimum atomic E-state index is -0.329. The predicted molar refractivity (Wildman–Crippen MR) is 68.3 cm³/mol. The number of halogens is 1. The maximum absolute atomic E-state index is 13.4. The summed E-state index contributed by atoms with van der Waals surface area (Å²) >= 11 is 1.49. The number of hydrogen-bond acceptors (Lipinski definition) is 4. The van der Waals surface area contributed by atoms with Crippen molar-refractivity contribution in [3.8, 4) is 11.8 Å². The van der Waals surface area contributed by atoms with Crippen LogP contribution in [0.25, 0.3) is 0 Å². The van der Waals surface area contributed by atoms with Crippen LogP contribution in [-0.4, -0.2) is 21.7 Å². The predicted octanol–water partition coefficient (Wildman–Crippen LogP) is 1.55. The van der Waals surface area contributed by atoms with E-state index in [-0.39, 0.29) is 12.4 Å². The second-order valence-corrected chi connectivity index (χ2v) is 4.36. The summed E-state index contributed by atoms with van der Waals surface area (Å²) in [7, 11) is 0. The second-order valence-electron chi connectivity index (χ2n) is 3.40. The molecule has 0 aliphatic carbocycles. The lowest BCUT2D eigenvalue weighted by Crippen LogP contribution is -1.94. The fourth-order valence-electron chi connectivity index (χ4n) is 1.32. The quantitative estimate of drug-likeness (QED) is 0.650. The molecule has 0 aliphatic heterocycles. The molecule has 92 valence electrons. The van der Waals surface area contributed by atoms with Gasteiger partial charge in [0.05, 0.1) is 12.1 Å². The number of nitrogens with zero attached hydrogens (tertiary/aromatic N) is 2. The number of benzene rings is 1. The molecule has 0 saturated heterocycles. The number of hydrogen-bond donors (Lipinski definition) is 2. The molecule has 0 amide bonds. The lowest BCUT2D eigenvalue weighted by Gasteiger charge is -2.01. The number of rotatable bonds is 3. The molecule has 0 atom stereocenters. The maximum atomic E-state index is 13.4. The van der Waals surface area contributed by atoms with Crippen LogP contribution in [0.15, 0.2) is 29.7 Å². The van der Waals surface area contributed by atoms with Gasteiger partial charge in [0.1, 0.15) is 12.1 Å². The Morgan fingerprint density at radius 3 is 3.06 bits per heavy atom. The number of aromatic nitrogens is 3. The Balaban J connectivity index is 2.09. The molecule has 6 heteroatoms. The van der Waals surface area contributed by atoms with Gasteiger partial charge in [-0.1, -0.05) is 29.7 Å². The van der Waals surface area contributed by atoms with Crippen LogP contribution in [0.4, 0.5) is 4.39 Å². The zero-order valence-corrected chi connectivity index (χ0v) is 10.3. The Morgan fingerprint density at radius 2 is 2.33 bits per heavy atom. The van der Waals surface area contributed by atoms with Crippen molar-refractivity contribution in [2.45, 2.75) is 10.9 Å². The highest BCUT2D eigenvalue weighted by molar-refractivity contribution is 7.98. The van der Waals surface area contributed by atoms with Gasteiger partial charge in [-0.15, -0.1) is 0 Å². The molecule has 2 aromatic rings. The van der Waals surface area contributed by atoms with Crippen LogP contribution in [0.1, 0.15) is 11.1 Å². The van der Waals surface area contributed by atoms with E-state index in [0.717, 1.165) is 10.7 Å². The topological polar surface area (TPSA) is 67.6 Å². The number of H-pyrrole nitrogens is 1. The minimum Gasteiger partial charge on any atom is -0.320 e. The summed E-state index contributed by atoms with van der Waals surface area (Å²) in [6.07, 6.45) is 1.45. The van der Waals surface area contributed by atoms with Crippen molar-refractivity contribution in [3.05, 3.63) is 41.5 Å². The van der Waals surface area contributed by atoms with Crippen molar-refractivity contribution in [2.75, 3.05) is 6.54 Å². The standard InChI is InChI=1S/C12H11FN4S/c13-11-4-3-9(6-10(11)2-1-5-14)7-18-12-15-8-16-17-12/h3-4,6,8H,5,7,14H2,(H,15,16,17). The van der Waals surface area contributed by atoms with Gasteiger partial charge >= 0.3 is 0 Å². The molecule has 18 heavy (non-hydrogen) atoms. The molecule has 0 bridgehead atoms. The monoisotopic (exact) mass is 262 g/mol. The average molecular weight is 262 g/mol. The van der Waals surface area contributed by atoms with E-state index in [1.54, 1.807) is 12.1 Å². The number of thioether (sulfide) groups is 1. The van der Waals surface area contributed by atoms with E-state index in [1.807, 2.05) is 0 Å². The summed E-state index contributed by atoms with van der Waals surface area (Å²) in [6, 6.07) is 4.87. The molecule has 1 aromatic carbocycles. The Hall–Kier alpha value is -1.84. The van der Waals surface area contributed by atoms with Crippen LogP contribution >= 0.6 is 11.8 Å². The average Bonchev–Trinajstić information content (AvgIpc) is 2.89. The van der Waals surface area contributed by atoms with E-state index >= 15 is 0 Å². The molecule has 0 spiro atoms. The van der Waals surface area contributed by atoms with Crippen molar-refractivity contribution in [3.63, 3.8) is 0 Å². The van der Waals surface area contributed by atoms with Crippen LogP contribution < -0.4 is 5.73 Å². The molecular formula is C12H11FN4S. The highest BCUT2D eigenvalue weighted by Crippen LogP contribution is 2.19. The zero-order valence-electron chi connectivity index (χ0n) is 9.48. The fraction of sp³-hybridized carbons (Fsp3) is 0.167. The molecule has 1 heterocycles. The largest absolute Gasteiger partial charge is 0.320 e. The molecular weight excluding hydrogens is 251 g/mol. The SMILES string of the molecule is NCC#Cc1cc(CSc2ncn[nH]2)ccc1F. The second kappa shape index (κ2) is 6.19. The van der Waals surface area contributed by atoms with Crippen LogP contribution in [0.2, 0.25) is 0 Å². The van der Waals surface area contributed by atoms with Gasteiger partial charge in [-0.25, -0.2) is 9.37 Å². The first-order valence-electron chi connectivity index (χ1n) is 5.25. The summed E-state index contributed by atoms with van der Waals surface area (Å²) in [5.74, 6) is 5.70. The Morgan fingerprint density at radius 1 is 1.44 bits per heavy atom. The van der Waals surface area contributed by atoms with Crippen LogP contribution in [0, 0.1) is 17.7 Å². The lowest BCUT2D eigenvalue weighted by atomic mass is 10.1. The third-order valence-electron chi connectivity index (χ3n) is 2.12. The lowest BCUT2D eigenvalue weighted by molar-refractivity contribution is 0.624. The highest BCUT2D eigenvalue weighted by Gasteiger charge is 2.03. The third kappa shape index (κ3) is 3.32. The Bertz CT molecular complexity index is 572. The van der Waals surface area contributed by atoms with E-state index in [2.05, 4.69) is 27.0 Å². The first-order chi connectivity index (χ1) is 8.79. The molecule has 0 saturated carbocycles. The Labute approximate surface area is 108 Å². The van der Waals surface area contributed by atoms with E-state index < -0.39 is 0 Å². The van der Waals surface area contributed by atoms with Gasteiger partial charge in [0, 0.05) is 5.75 Å². The Kier molecular flexibility index (Phi) is 4.34. The first kappa shape index (κ1) is 12.6. The van der Waals surface area contributed by atoms with Gasteiger partial charge in [0.2, 0.25) is 0 Å². The van der Waals surface area contributed by atoms with Crippen molar-refractivity contribution < 1.29 is 4.39 Å². The summed E-state index contributed by atoms with van der Waals surface area (Å²) in [6.45, 7) is 0.219. The normalized spacial score (nSPS) is 9.89. The van der Waals surface area contributed by atoms with Crippen LogP contribution in [0.5, 0.6) is 0 Å². The minimum absolute atomic E-state index is 0.219. The van der Waals surface area contributed by atoms with Gasteiger partial charge in [0.25, 0.3) is 0 Å². The smallest absolute Gasteiger partial charge is 0.183 e. The molecule has 1 aromatic heterocycles. The molecule has 0 aliphatic rings. The number of nitrogens with two attached hydrogens (primary N) is 1. The molecule has 3 N–H and O–H groups in total. The number of aromatic amines is 1. The highest BCUT2D eigenvalue weighted by atomic mass is 32.2. The fourth-order valence-corrected chi connectivity index (χ4v) is 2.04. The summed E-state index contributed by atoms with van der Waals surface area (Å²) < 4.78 is 13.4.